The molecule has 0 spiro atoms. The summed E-state index contributed by atoms with van der Waals surface area (Å²) < 4.78 is 1.76. The van der Waals surface area contributed by atoms with Gasteiger partial charge in [0.25, 0.3) is 0 Å². The minimum absolute atomic E-state index is 0.193. The van der Waals surface area contributed by atoms with Crippen LogP contribution in [0.4, 0.5) is 0 Å². The van der Waals surface area contributed by atoms with E-state index in [1.165, 1.54) is 0 Å². The van der Waals surface area contributed by atoms with Gasteiger partial charge in [-0.25, -0.2) is 0 Å². The van der Waals surface area contributed by atoms with E-state index in [2.05, 4.69) is 22.6 Å². The van der Waals surface area contributed by atoms with E-state index in [-0.39, 0.29) is 6.04 Å². The van der Waals surface area contributed by atoms with E-state index in [4.69, 9.17) is 11.6 Å². The molecule has 0 radical (unpaired) electrons. The van der Waals surface area contributed by atoms with Crippen LogP contribution in [-0.4, -0.2) is 15.0 Å². The van der Waals surface area contributed by atoms with Crippen molar-refractivity contribution in [3.8, 4) is 0 Å². The zero-order valence-electron chi connectivity index (χ0n) is 9.89. The molecule has 0 aliphatic rings. The van der Waals surface area contributed by atoms with E-state index in [0.717, 1.165) is 22.8 Å². The second-order valence-electron chi connectivity index (χ2n) is 3.97. The molecule has 0 saturated carbocycles. The average Bonchev–Trinajstić information content (AvgIpc) is 2.72. The summed E-state index contributed by atoms with van der Waals surface area (Å²) in [5.74, 6) is 0. The van der Waals surface area contributed by atoms with Crippen LogP contribution in [0.1, 0.15) is 24.2 Å². The first-order valence-corrected chi connectivity index (χ1v) is 5.87. The third-order valence-corrected chi connectivity index (χ3v) is 3.11. The van der Waals surface area contributed by atoms with Gasteiger partial charge < -0.3 is 5.32 Å². The van der Waals surface area contributed by atoms with Gasteiger partial charge in [0.1, 0.15) is 0 Å². The zero-order valence-corrected chi connectivity index (χ0v) is 10.6. The molecule has 1 aromatic carbocycles. The highest BCUT2D eigenvalue weighted by molar-refractivity contribution is 6.31. The van der Waals surface area contributed by atoms with E-state index in [0.29, 0.717) is 0 Å². The zero-order chi connectivity index (χ0) is 12.3. The molecule has 4 nitrogen and oxygen atoms in total. The SMILES string of the molecule is CC(NCc1cnnn1C)c1ccccc1Cl. The van der Waals surface area contributed by atoms with Crippen molar-refractivity contribution in [3.63, 3.8) is 0 Å². The second kappa shape index (κ2) is 5.29. The van der Waals surface area contributed by atoms with Crippen LogP contribution in [0.2, 0.25) is 5.02 Å². The minimum atomic E-state index is 0.193. The molecule has 1 unspecified atom stereocenters. The Morgan fingerprint density at radius 2 is 2.18 bits per heavy atom. The van der Waals surface area contributed by atoms with Crippen molar-refractivity contribution in [1.29, 1.82) is 0 Å². The minimum Gasteiger partial charge on any atom is -0.304 e. The Hall–Kier alpha value is -1.39. The summed E-state index contributed by atoms with van der Waals surface area (Å²) in [5.41, 5.74) is 2.15. The maximum absolute atomic E-state index is 6.14. The van der Waals surface area contributed by atoms with Gasteiger partial charge >= 0.3 is 0 Å². The highest BCUT2D eigenvalue weighted by Gasteiger charge is 2.09. The Bertz CT molecular complexity index is 495. The topological polar surface area (TPSA) is 42.7 Å². The monoisotopic (exact) mass is 250 g/mol. The molecule has 90 valence electrons. The lowest BCUT2D eigenvalue weighted by molar-refractivity contribution is 0.546. The number of aromatic nitrogens is 3. The molecule has 0 aliphatic heterocycles. The smallest absolute Gasteiger partial charge is 0.0738 e. The van der Waals surface area contributed by atoms with Crippen molar-refractivity contribution < 1.29 is 0 Å². The molecular formula is C12H15ClN4. The van der Waals surface area contributed by atoms with Crippen molar-refractivity contribution in [2.75, 3.05) is 0 Å². The van der Waals surface area contributed by atoms with E-state index < -0.39 is 0 Å². The van der Waals surface area contributed by atoms with Crippen molar-refractivity contribution >= 4 is 11.6 Å². The molecule has 0 fully saturated rings. The molecule has 1 heterocycles. The summed E-state index contributed by atoms with van der Waals surface area (Å²) in [6, 6.07) is 8.05. The number of nitrogens with zero attached hydrogens (tertiary/aromatic N) is 3. The van der Waals surface area contributed by atoms with Crippen LogP contribution in [-0.2, 0) is 13.6 Å². The molecule has 2 rings (SSSR count). The number of hydrogen-bond donors (Lipinski definition) is 1. The molecule has 0 aliphatic carbocycles. The molecule has 1 aromatic heterocycles. The fourth-order valence-corrected chi connectivity index (χ4v) is 1.96. The first kappa shape index (κ1) is 12.1. The maximum atomic E-state index is 6.14. The molecule has 1 N–H and O–H groups in total. The van der Waals surface area contributed by atoms with Crippen LogP contribution in [0.5, 0.6) is 0 Å². The third kappa shape index (κ3) is 2.84. The van der Waals surface area contributed by atoms with Gasteiger partial charge in [-0.1, -0.05) is 35.0 Å². The van der Waals surface area contributed by atoms with Crippen molar-refractivity contribution in [1.82, 2.24) is 20.3 Å². The normalized spacial score (nSPS) is 12.6. The fourth-order valence-electron chi connectivity index (χ4n) is 1.66. The summed E-state index contributed by atoms with van der Waals surface area (Å²) in [6.45, 7) is 2.81. The third-order valence-electron chi connectivity index (χ3n) is 2.77. The lowest BCUT2D eigenvalue weighted by Gasteiger charge is -2.15. The number of rotatable bonds is 4. The predicted molar refractivity (Wildman–Crippen MR) is 67.7 cm³/mol. The number of benzene rings is 1. The Kier molecular flexibility index (Phi) is 3.76. The van der Waals surface area contributed by atoms with E-state index in [1.54, 1.807) is 10.9 Å². The lowest BCUT2D eigenvalue weighted by atomic mass is 10.1. The summed E-state index contributed by atoms with van der Waals surface area (Å²) in [7, 11) is 1.88. The van der Waals surface area contributed by atoms with Crippen LogP contribution in [0.3, 0.4) is 0 Å². The Balaban J connectivity index is 2.01. The molecule has 0 saturated heterocycles. The first-order valence-electron chi connectivity index (χ1n) is 5.50. The highest BCUT2D eigenvalue weighted by atomic mass is 35.5. The lowest BCUT2D eigenvalue weighted by Crippen LogP contribution is -2.20. The Labute approximate surface area is 106 Å². The van der Waals surface area contributed by atoms with Gasteiger partial charge in [0.05, 0.1) is 11.9 Å². The van der Waals surface area contributed by atoms with Crippen LogP contribution in [0.25, 0.3) is 0 Å². The summed E-state index contributed by atoms with van der Waals surface area (Å²) in [5, 5.41) is 11.9. The highest BCUT2D eigenvalue weighted by Crippen LogP contribution is 2.22. The second-order valence-corrected chi connectivity index (χ2v) is 4.38. The van der Waals surface area contributed by atoms with Gasteiger partial charge in [-0.3, -0.25) is 4.68 Å². The quantitative estimate of drug-likeness (QED) is 0.906. The van der Waals surface area contributed by atoms with Gasteiger partial charge in [-0.2, -0.15) is 0 Å². The largest absolute Gasteiger partial charge is 0.304 e. The van der Waals surface area contributed by atoms with Crippen LogP contribution in [0, 0.1) is 0 Å². The van der Waals surface area contributed by atoms with Gasteiger partial charge in [0.2, 0.25) is 0 Å². The molecule has 5 heteroatoms. The molecule has 0 amide bonds. The molecule has 2 aromatic rings. The number of halogens is 1. The van der Waals surface area contributed by atoms with E-state index >= 15 is 0 Å². The van der Waals surface area contributed by atoms with E-state index in [9.17, 15) is 0 Å². The van der Waals surface area contributed by atoms with Crippen molar-refractivity contribution in [3.05, 3.63) is 46.7 Å². The van der Waals surface area contributed by atoms with Crippen molar-refractivity contribution in [2.24, 2.45) is 7.05 Å². The summed E-state index contributed by atoms with van der Waals surface area (Å²) in [4.78, 5) is 0. The molecular weight excluding hydrogens is 236 g/mol. The van der Waals surface area contributed by atoms with Gasteiger partial charge in [-0.05, 0) is 18.6 Å². The summed E-state index contributed by atoms with van der Waals surface area (Å²) >= 11 is 6.14. The first-order chi connectivity index (χ1) is 8.18. The predicted octanol–water partition coefficient (Wildman–Crippen LogP) is 2.32. The molecule has 1 atom stereocenters. The maximum Gasteiger partial charge on any atom is 0.0738 e. The van der Waals surface area contributed by atoms with E-state index in [1.807, 2.05) is 31.3 Å². The standard InChI is InChI=1S/C12H15ClN4/c1-9(11-5-3-4-6-12(11)13)14-7-10-8-15-16-17(10)2/h3-6,8-9,14H,7H2,1-2H3. The number of nitrogens with one attached hydrogen (secondary N) is 1. The molecule has 0 bridgehead atoms. The van der Waals surface area contributed by atoms with Crippen molar-refractivity contribution in [2.45, 2.75) is 19.5 Å². The Morgan fingerprint density at radius 1 is 1.41 bits per heavy atom. The van der Waals surface area contributed by atoms with Crippen LogP contribution in [0.15, 0.2) is 30.5 Å². The molecule has 17 heavy (non-hydrogen) atoms. The number of aryl methyl sites for hydroxylation is 1. The van der Waals surface area contributed by atoms with Gasteiger partial charge in [-0.15, -0.1) is 5.10 Å². The summed E-state index contributed by atoms with van der Waals surface area (Å²) in [6.07, 6.45) is 1.76. The van der Waals surface area contributed by atoms with Crippen LogP contribution < -0.4 is 5.32 Å². The average molecular weight is 251 g/mol. The van der Waals surface area contributed by atoms with Crippen LogP contribution >= 0.6 is 11.6 Å². The number of hydrogen-bond acceptors (Lipinski definition) is 3. The van der Waals surface area contributed by atoms with Gasteiger partial charge in [0, 0.05) is 24.7 Å². The Morgan fingerprint density at radius 3 is 2.82 bits per heavy atom. The fraction of sp³-hybridized carbons (Fsp3) is 0.333. The van der Waals surface area contributed by atoms with Gasteiger partial charge in [0.15, 0.2) is 0 Å².